The molecule has 0 aliphatic heterocycles. The van der Waals surface area contributed by atoms with Gasteiger partial charge in [-0.3, -0.25) is 0 Å². The average molecular weight is 412 g/mol. The van der Waals surface area contributed by atoms with Gasteiger partial charge in [0.2, 0.25) is 0 Å². The minimum Gasteiger partial charge on any atom is -0.354 e. The Hall–Kier alpha value is -4.31. The Bertz CT molecular complexity index is 1580. The second-order valence-electron chi connectivity index (χ2n) is 7.84. The van der Waals surface area contributed by atoms with Gasteiger partial charge < -0.3 is 4.98 Å². The largest absolute Gasteiger partial charge is 0.354 e. The Morgan fingerprint density at radius 1 is 0.531 bits per heavy atom. The third-order valence-corrected chi connectivity index (χ3v) is 5.77. The lowest BCUT2D eigenvalue weighted by molar-refractivity contribution is 0.992. The average Bonchev–Trinajstić information content (AvgIpc) is 3.23. The standard InChI is InChI=1S/C28H20N4/c1-18-29-27(19-10-3-2-4-11-19)32-28(30-18)22-13-6-5-12-20(22)21-15-9-17-25-26(21)23-14-7-8-16-24(23)31-25/h2-17,31H,1H3. The zero-order valence-electron chi connectivity index (χ0n) is 17.6. The Morgan fingerprint density at radius 3 is 2.06 bits per heavy atom. The van der Waals surface area contributed by atoms with Gasteiger partial charge in [-0.25, -0.2) is 15.0 Å². The number of hydrogen-bond acceptors (Lipinski definition) is 3. The van der Waals surface area contributed by atoms with E-state index in [9.17, 15) is 0 Å². The molecule has 6 rings (SSSR count). The van der Waals surface area contributed by atoms with E-state index in [0.717, 1.165) is 33.3 Å². The van der Waals surface area contributed by atoms with E-state index < -0.39 is 0 Å². The highest BCUT2D eigenvalue weighted by Gasteiger charge is 2.16. The second-order valence-corrected chi connectivity index (χ2v) is 7.84. The van der Waals surface area contributed by atoms with Crippen molar-refractivity contribution in [3.05, 3.63) is 103 Å². The van der Waals surface area contributed by atoms with Crippen molar-refractivity contribution < 1.29 is 0 Å². The van der Waals surface area contributed by atoms with Gasteiger partial charge in [0, 0.05) is 32.9 Å². The Balaban J connectivity index is 1.60. The Morgan fingerprint density at radius 2 is 1.19 bits per heavy atom. The van der Waals surface area contributed by atoms with Crippen molar-refractivity contribution in [2.75, 3.05) is 0 Å². The van der Waals surface area contributed by atoms with Crippen LogP contribution in [0.25, 0.3) is 55.7 Å². The first-order chi connectivity index (χ1) is 15.8. The highest BCUT2D eigenvalue weighted by molar-refractivity contribution is 6.15. The zero-order chi connectivity index (χ0) is 21.5. The lowest BCUT2D eigenvalue weighted by Crippen LogP contribution is -2.00. The van der Waals surface area contributed by atoms with E-state index in [4.69, 9.17) is 9.97 Å². The molecular weight excluding hydrogens is 392 g/mol. The molecule has 0 radical (unpaired) electrons. The number of fused-ring (bicyclic) bond motifs is 3. The summed E-state index contributed by atoms with van der Waals surface area (Å²) in [5.74, 6) is 2.07. The molecular formula is C28H20N4. The van der Waals surface area contributed by atoms with Crippen LogP contribution in [0.2, 0.25) is 0 Å². The fourth-order valence-electron chi connectivity index (χ4n) is 4.36. The molecule has 0 aliphatic rings. The van der Waals surface area contributed by atoms with Crippen LogP contribution < -0.4 is 0 Å². The predicted molar refractivity (Wildman–Crippen MR) is 130 cm³/mol. The topological polar surface area (TPSA) is 54.5 Å². The molecule has 6 aromatic rings. The van der Waals surface area contributed by atoms with Crippen LogP contribution in [0.5, 0.6) is 0 Å². The fraction of sp³-hybridized carbons (Fsp3) is 0.0357. The smallest absolute Gasteiger partial charge is 0.164 e. The molecule has 0 bridgehead atoms. The van der Waals surface area contributed by atoms with E-state index in [1.165, 1.54) is 10.8 Å². The fourth-order valence-corrected chi connectivity index (χ4v) is 4.36. The lowest BCUT2D eigenvalue weighted by Gasteiger charge is -2.12. The van der Waals surface area contributed by atoms with Crippen molar-refractivity contribution in [3.63, 3.8) is 0 Å². The van der Waals surface area contributed by atoms with Crippen molar-refractivity contribution in [1.29, 1.82) is 0 Å². The van der Waals surface area contributed by atoms with Crippen LogP contribution >= 0.6 is 0 Å². The maximum Gasteiger partial charge on any atom is 0.164 e. The van der Waals surface area contributed by atoms with Crippen molar-refractivity contribution in [3.8, 4) is 33.9 Å². The van der Waals surface area contributed by atoms with Gasteiger partial charge in [0.25, 0.3) is 0 Å². The molecule has 4 aromatic carbocycles. The first-order valence-corrected chi connectivity index (χ1v) is 10.7. The van der Waals surface area contributed by atoms with Crippen molar-refractivity contribution in [2.24, 2.45) is 0 Å². The minimum absolute atomic E-state index is 0.684. The summed E-state index contributed by atoms with van der Waals surface area (Å²) in [6.45, 7) is 1.92. The van der Waals surface area contributed by atoms with E-state index in [1.807, 2.05) is 43.3 Å². The number of aryl methyl sites for hydroxylation is 1. The summed E-state index contributed by atoms with van der Waals surface area (Å²) in [6.07, 6.45) is 0. The highest BCUT2D eigenvalue weighted by Crippen LogP contribution is 2.38. The highest BCUT2D eigenvalue weighted by atomic mass is 15.0. The molecule has 0 fully saturated rings. The van der Waals surface area contributed by atoms with Gasteiger partial charge in [0.15, 0.2) is 11.6 Å². The molecule has 2 heterocycles. The van der Waals surface area contributed by atoms with Gasteiger partial charge in [0.1, 0.15) is 5.82 Å². The lowest BCUT2D eigenvalue weighted by atomic mass is 9.95. The molecule has 152 valence electrons. The second kappa shape index (κ2) is 7.43. The zero-order valence-corrected chi connectivity index (χ0v) is 17.6. The number of H-pyrrole nitrogens is 1. The SMILES string of the molecule is Cc1nc(-c2ccccc2)nc(-c2ccccc2-c2cccc3[nH]c4ccccc4c23)n1. The molecule has 0 spiro atoms. The molecule has 32 heavy (non-hydrogen) atoms. The molecule has 0 saturated heterocycles. The van der Waals surface area contributed by atoms with Gasteiger partial charge in [-0.15, -0.1) is 0 Å². The van der Waals surface area contributed by atoms with Crippen LogP contribution in [0.15, 0.2) is 97.1 Å². The maximum atomic E-state index is 4.86. The number of hydrogen-bond donors (Lipinski definition) is 1. The molecule has 1 N–H and O–H groups in total. The van der Waals surface area contributed by atoms with E-state index >= 15 is 0 Å². The summed E-state index contributed by atoms with van der Waals surface area (Å²) in [5, 5.41) is 2.43. The van der Waals surface area contributed by atoms with Crippen molar-refractivity contribution in [2.45, 2.75) is 6.92 Å². The minimum atomic E-state index is 0.684. The Labute approximate surface area is 185 Å². The number of aromatic amines is 1. The molecule has 0 aliphatic carbocycles. The molecule has 4 nitrogen and oxygen atoms in total. The summed E-state index contributed by atoms with van der Waals surface area (Å²) in [4.78, 5) is 17.7. The van der Waals surface area contributed by atoms with Gasteiger partial charge >= 0.3 is 0 Å². The van der Waals surface area contributed by atoms with Crippen LogP contribution in [-0.2, 0) is 0 Å². The van der Waals surface area contributed by atoms with Gasteiger partial charge in [-0.1, -0.05) is 84.9 Å². The van der Waals surface area contributed by atoms with Crippen LogP contribution in [-0.4, -0.2) is 19.9 Å². The summed E-state index contributed by atoms with van der Waals surface area (Å²) < 4.78 is 0. The number of para-hydroxylation sites is 1. The third kappa shape index (κ3) is 3.05. The quantitative estimate of drug-likeness (QED) is 0.347. The van der Waals surface area contributed by atoms with E-state index in [1.54, 1.807) is 0 Å². The molecule has 0 unspecified atom stereocenters. The summed E-state index contributed by atoms with van der Waals surface area (Å²) in [7, 11) is 0. The number of rotatable bonds is 3. The normalized spacial score (nSPS) is 11.3. The van der Waals surface area contributed by atoms with Crippen LogP contribution in [0.1, 0.15) is 5.82 Å². The first kappa shape index (κ1) is 18.5. The molecule has 0 atom stereocenters. The molecule has 0 saturated carbocycles. The Kier molecular flexibility index (Phi) is 4.29. The number of benzene rings is 4. The van der Waals surface area contributed by atoms with Crippen LogP contribution in [0.3, 0.4) is 0 Å². The summed E-state index contributed by atoms with van der Waals surface area (Å²) in [5.41, 5.74) is 6.50. The summed E-state index contributed by atoms with van der Waals surface area (Å²) in [6, 6.07) is 33.2. The molecule has 0 amide bonds. The van der Waals surface area contributed by atoms with Gasteiger partial charge in [-0.05, 0) is 30.2 Å². The van der Waals surface area contributed by atoms with Crippen LogP contribution in [0, 0.1) is 6.92 Å². The third-order valence-electron chi connectivity index (χ3n) is 5.77. The van der Waals surface area contributed by atoms with Crippen molar-refractivity contribution in [1.82, 2.24) is 19.9 Å². The number of nitrogens with zero attached hydrogens (tertiary/aromatic N) is 3. The summed E-state index contributed by atoms with van der Waals surface area (Å²) >= 11 is 0. The van der Waals surface area contributed by atoms with E-state index in [-0.39, 0.29) is 0 Å². The monoisotopic (exact) mass is 412 g/mol. The van der Waals surface area contributed by atoms with Gasteiger partial charge in [-0.2, -0.15) is 0 Å². The van der Waals surface area contributed by atoms with E-state index in [0.29, 0.717) is 17.5 Å². The maximum absolute atomic E-state index is 4.86. The number of nitrogens with one attached hydrogen (secondary N) is 1. The number of aromatic nitrogens is 4. The van der Waals surface area contributed by atoms with Crippen molar-refractivity contribution >= 4 is 21.8 Å². The van der Waals surface area contributed by atoms with Crippen LogP contribution in [0.4, 0.5) is 0 Å². The predicted octanol–water partition coefficient (Wildman–Crippen LogP) is 6.82. The first-order valence-electron chi connectivity index (χ1n) is 10.7. The molecule has 4 heteroatoms. The molecule has 2 aromatic heterocycles. The van der Waals surface area contributed by atoms with E-state index in [2.05, 4.69) is 70.6 Å². The van der Waals surface area contributed by atoms with Gasteiger partial charge in [0.05, 0.1) is 0 Å².